The molecule has 0 N–H and O–H groups in total. The number of nitriles is 1. The average Bonchev–Trinajstić information content (AvgIpc) is 3.11. The molecular formula is C21H17N3O2S. The predicted molar refractivity (Wildman–Crippen MR) is 106 cm³/mol. The van der Waals surface area contributed by atoms with E-state index in [2.05, 4.69) is 11.1 Å². The van der Waals surface area contributed by atoms with E-state index >= 15 is 0 Å². The highest BCUT2D eigenvalue weighted by Gasteiger charge is 2.14. The molecule has 0 amide bonds. The van der Waals surface area contributed by atoms with Crippen molar-refractivity contribution in [3.8, 4) is 11.8 Å². The zero-order valence-corrected chi connectivity index (χ0v) is 15.6. The summed E-state index contributed by atoms with van der Waals surface area (Å²) < 4.78 is 7.35. The average molecular weight is 375 g/mol. The molecule has 0 saturated heterocycles. The molecule has 1 aliphatic carbocycles. The minimum absolute atomic E-state index is 0.119. The summed E-state index contributed by atoms with van der Waals surface area (Å²) in [6, 6.07) is 11.1. The van der Waals surface area contributed by atoms with Crippen molar-refractivity contribution < 1.29 is 4.74 Å². The molecule has 2 heterocycles. The van der Waals surface area contributed by atoms with Crippen molar-refractivity contribution in [1.82, 2.24) is 9.55 Å². The largest absolute Gasteiger partial charge is 0.486 e. The Balaban J connectivity index is 1.55. The van der Waals surface area contributed by atoms with Crippen molar-refractivity contribution >= 4 is 23.1 Å². The zero-order chi connectivity index (χ0) is 18.8. The van der Waals surface area contributed by atoms with Gasteiger partial charge in [0.15, 0.2) is 0 Å². The third-order valence-corrected chi connectivity index (χ3v) is 5.41. The van der Waals surface area contributed by atoms with Gasteiger partial charge in [-0.15, -0.1) is 11.3 Å². The van der Waals surface area contributed by atoms with Crippen LogP contribution >= 0.6 is 11.3 Å². The molecule has 5 nitrogen and oxygen atoms in total. The van der Waals surface area contributed by atoms with Crippen LogP contribution in [0.3, 0.4) is 0 Å². The van der Waals surface area contributed by atoms with Gasteiger partial charge in [0.25, 0.3) is 5.56 Å². The molecule has 3 aromatic rings. The molecule has 0 radical (unpaired) electrons. The SMILES string of the molecule is Cc1csc(COc2ccn(C3=Cc4ccc(C#N)cc4CC3)c(=O)c2)n1. The summed E-state index contributed by atoms with van der Waals surface area (Å²) in [5.41, 5.74) is 4.66. The Kier molecular flexibility index (Phi) is 4.61. The molecule has 4 rings (SSSR count). The quantitative estimate of drug-likeness (QED) is 0.691. The lowest BCUT2D eigenvalue weighted by atomic mass is 9.93. The van der Waals surface area contributed by atoms with E-state index in [-0.39, 0.29) is 5.56 Å². The molecule has 27 heavy (non-hydrogen) atoms. The van der Waals surface area contributed by atoms with Crippen molar-refractivity contribution in [3.63, 3.8) is 0 Å². The molecule has 0 aliphatic heterocycles. The number of nitrogens with zero attached hydrogens (tertiary/aromatic N) is 3. The molecular weight excluding hydrogens is 358 g/mol. The summed E-state index contributed by atoms with van der Waals surface area (Å²) in [7, 11) is 0. The Bertz CT molecular complexity index is 1130. The van der Waals surface area contributed by atoms with Crippen LogP contribution in [0.5, 0.6) is 5.75 Å². The molecule has 134 valence electrons. The second kappa shape index (κ2) is 7.22. The molecule has 0 saturated carbocycles. The Morgan fingerprint density at radius 3 is 2.93 bits per heavy atom. The first-order chi connectivity index (χ1) is 13.1. The number of hydrogen-bond acceptors (Lipinski definition) is 5. The summed E-state index contributed by atoms with van der Waals surface area (Å²) in [5.74, 6) is 0.541. The van der Waals surface area contributed by atoms with Crippen LogP contribution in [-0.4, -0.2) is 9.55 Å². The second-order valence-corrected chi connectivity index (χ2v) is 7.35. The lowest BCUT2D eigenvalue weighted by Gasteiger charge is -2.18. The fourth-order valence-corrected chi connectivity index (χ4v) is 3.82. The molecule has 0 unspecified atom stereocenters. The maximum absolute atomic E-state index is 12.6. The number of pyridine rings is 1. The molecule has 0 fully saturated rings. The van der Waals surface area contributed by atoms with E-state index in [0.29, 0.717) is 17.9 Å². The molecule has 0 spiro atoms. The maximum Gasteiger partial charge on any atom is 0.258 e. The number of thiazole rings is 1. The highest BCUT2D eigenvalue weighted by atomic mass is 32.1. The summed E-state index contributed by atoms with van der Waals surface area (Å²) in [4.78, 5) is 16.9. The van der Waals surface area contributed by atoms with E-state index in [1.165, 1.54) is 6.07 Å². The normalized spacial score (nSPS) is 12.8. The number of aryl methyl sites for hydroxylation is 2. The maximum atomic E-state index is 12.6. The van der Waals surface area contributed by atoms with Crippen LogP contribution < -0.4 is 10.3 Å². The first kappa shape index (κ1) is 17.3. The zero-order valence-electron chi connectivity index (χ0n) is 14.8. The van der Waals surface area contributed by atoms with E-state index in [9.17, 15) is 4.79 Å². The number of fused-ring (bicyclic) bond motifs is 1. The lowest BCUT2D eigenvalue weighted by molar-refractivity contribution is 0.304. The summed E-state index contributed by atoms with van der Waals surface area (Å²) >= 11 is 1.55. The fourth-order valence-electron chi connectivity index (χ4n) is 3.14. The number of allylic oxidation sites excluding steroid dienone is 1. The number of rotatable bonds is 4. The molecule has 2 aromatic heterocycles. The van der Waals surface area contributed by atoms with Gasteiger partial charge in [0.05, 0.1) is 11.6 Å². The summed E-state index contributed by atoms with van der Waals surface area (Å²) in [6.45, 7) is 2.30. The van der Waals surface area contributed by atoms with Gasteiger partial charge in [0.2, 0.25) is 0 Å². The third kappa shape index (κ3) is 3.69. The lowest BCUT2D eigenvalue weighted by Crippen LogP contribution is -2.19. The van der Waals surface area contributed by atoms with E-state index in [0.717, 1.165) is 40.4 Å². The van der Waals surface area contributed by atoms with Gasteiger partial charge < -0.3 is 4.74 Å². The minimum atomic E-state index is -0.119. The molecule has 1 aliphatic rings. The van der Waals surface area contributed by atoms with Gasteiger partial charge in [-0.1, -0.05) is 6.07 Å². The van der Waals surface area contributed by atoms with Gasteiger partial charge in [0.1, 0.15) is 17.4 Å². The Morgan fingerprint density at radius 2 is 2.19 bits per heavy atom. The Hall–Kier alpha value is -3.17. The van der Waals surface area contributed by atoms with Gasteiger partial charge >= 0.3 is 0 Å². The van der Waals surface area contributed by atoms with Crippen molar-refractivity contribution in [1.29, 1.82) is 5.26 Å². The van der Waals surface area contributed by atoms with Crippen LogP contribution in [0.15, 0.2) is 46.7 Å². The van der Waals surface area contributed by atoms with Gasteiger partial charge in [-0.25, -0.2) is 4.98 Å². The van der Waals surface area contributed by atoms with E-state index in [1.54, 1.807) is 34.2 Å². The van der Waals surface area contributed by atoms with Crippen molar-refractivity contribution in [3.05, 3.63) is 79.7 Å². The van der Waals surface area contributed by atoms with Gasteiger partial charge in [0, 0.05) is 29.0 Å². The number of hydrogen-bond donors (Lipinski definition) is 0. The van der Waals surface area contributed by atoms with Crippen LogP contribution in [0.2, 0.25) is 0 Å². The topological polar surface area (TPSA) is 67.9 Å². The highest BCUT2D eigenvalue weighted by molar-refractivity contribution is 7.09. The van der Waals surface area contributed by atoms with Gasteiger partial charge in [-0.3, -0.25) is 9.36 Å². The highest BCUT2D eigenvalue weighted by Crippen LogP contribution is 2.27. The Labute approximate surface area is 160 Å². The van der Waals surface area contributed by atoms with Crippen molar-refractivity contribution in [2.75, 3.05) is 0 Å². The molecule has 0 bridgehead atoms. The first-order valence-electron chi connectivity index (χ1n) is 8.63. The number of benzene rings is 1. The predicted octanol–water partition coefficient (Wildman–Crippen LogP) is 4.01. The molecule has 6 heteroatoms. The van der Waals surface area contributed by atoms with Gasteiger partial charge in [-0.05, 0) is 55.2 Å². The molecule has 1 aromatic carbocycles. The first-order valence-corrected chi connectivity index (χ1v) is 9.51. The second-order valence-electron chi connectivity index (χ2n) is 6.40. The fraction of sp³-hybridized carbons (Fsp3) is 0.190. The van der Waals surface area contributed by atoms with E-state index < -0.39 is 0 Å². The number of aromatic nitrogens is 2. The smallest absolute Gasteiger partial charge is 0.258 e. The van der Waals surface area contributed by atoms with Gasteiger partial charge in [-0.2, -0.15) is 5.26 Å². The minimum Gasteiger partial charge on any atom is -0.486 e. The standard InChI is InChI=1S/C21H17N3O2S/c1-14-13-27-20(23-14)12-26-19-6-7-24(21(25)10-19)18-5-4-16-8-15(11-22)2-3-17(16)9-18/h2-3,6-10,13H,4-5,12H2,1H3. The van der Waals surface area contributed by atoms with E-state index in [4.69, 9.17) is 10.00 Å². The van der Waals surface area contributed by atoms with Crippen molar-refractivity contribution in [2.45, 2.75) is 26.4 Å². The van der Waals surface area contributed by atoms with E-state index in [1.807, 2.05) is 30.5 Å². The van der Waals surface area contributed by atoms with Crippen LogP contribution in [0.4, 0.5) is 0 Å². The summed E-state index contributed by atoms with van der Waals surface area (Å²) in [5, 5.41) is 11.9. The van der Waals surface area contributed by atoms with Crippen LogP contribution in [-0.2, 0) is 13.0 Å². The van der Waals surface area contributed by atoms with Crippen LogP contribution in [0.1, 0.15) is 33.8 Å². The monoisotopic (exact) mass is 375 g/mol. The third-order valence-electron chi connectivity index (χ3n) is 4.47. The Morgan fingerprint density at radius 1 is 1.30 bits per heavy atom. The molecule has 0 atom stereocenters. The van der Waals surface area contributed by atoms with Crippen LogP contribution in [0, 0.1) is 18.3 Å². The number of ether oxygens (including phenoxy) is 1. The van der Waals surface area contributed by atoms with Crippen LogP contribution in [0.25, 0.3) is 11.8 Å². The summed E-state index contributed by atoms with van der Waals surface area (Å²) in [6.07, 6.45) is 5.33. The van der Waals surface area contributed by atoms with Crippen molar-refractivity contribution in [2.24, 2.45) is 0 Å².